The molecule has 12 heteroatoms. The summed E-state index contributed by atoms with van der Waals surface area (Å²) in [5, 5.41) is 6.69. The van der Waals surface area contributed by atoms with Crippen LogP contribution in [0.15, 0.2) is 91.0 Å². The molecule has 2 aliphatic rings. The van der Waals surface area contributed by atoms with Crippen molar-refractivity contribution in [3.63, 3.8) is 0 Å². The van der Waals surface area contributed by atoms with Crippen LogP contribution in [0.5, 0.6) is 17.2 Å². The lowest BCUT2D eigenvalue weighted by Gasteiger charge is -2.32. The molecular weight excluding hydrogens is 702 g/mol. The number of alkyl carbamates (subject to hydrolysis) is 1. The lowest BCUT2D eigenvalue weighted by Crippen LogP contribution is -2.51. The van der Waals surface area contributed by atoms with Crippen molar-refractivity contribution in [1.29, 1.82) is 0 Å². The van der Waals surface area contributed by atoms with E-state index in [1.165, 1.54) is 19.3 Å². The summed E-state index contributed by atoms with van der Waals surface area (Å²) in [6, 6.07) is 28.0. The van der Waals surface area contributed by atoms with Crippen molar-refractivity contribution >= 4 is 17.9 Å². The maximum atomic E-state index is 14.7. The van der Waals surface area contributed by atoms with Gasteiger partial charge in [0.1, 0.15) is 29.9 Å². The van der Waals surface area contributed by atoms with Crippen molar-refractivity contribution in [2.24, 2.45) is 0 Å². The van der Waals surface area contributed by atoms with Crippen LogP contribution in [-0.2, 0) is 36.9 Å². The van der Waals surface area contributed by atoms with E-state index in [1.807, 2.05) is 54.6 Å². The Hall–Kier alpha value is -5.59. The summed E-state index contributed by atoms with van der Waals surface area (Å²) in [4.78, 5) is 46.3. The minimum Gasteiger partial charge on any atom is -0.496 e. The molecule has 3 amide bonds. The number of hydroxylamine groups is 2. The summed E-state index contributed by atoms with van der Waals surface area (Å²) >= 11 is 0. The Bertz CT molecular complexity index is 1840. The predicted molar refractivity (Wildman–Crippen MR) is 206 cm³/mol. The standard InChI is InChI=1S/C43H49N3O9/c1-44-40(47)20-13-23-52-30-25-38(50-2)35(39(26-30)51-3)27-46(55-41-21-11-12-22-53-41)42(48)37(24-29-14-5-4-6-15-29)45-43(49)54-28-36-33-18-9-7-16-31(33)32-17-8-10-19-34(32)36/h4-10,14-19,25-26,36-37,41H,11-13,20-24,27-28H2,1-3H3,(H,44,47)(H,45,49)/t37-,41?/m0/s1. The number of ether oxygens (including phenoxy) is 5. The molecule has 2 atom stereocenters. The Morgan fingerprint density at radius 3 is 2.15 bits per heavy atom. The van der Waals surface area contributed by atoms with Crippen LogP contribution in [0.3, 0.4) is 0 Å². The van der Waals surface area contributed by atoms with Crippen molar-refractivity contribution in [3.05, 3.63) is 113 Å². The first kappa shape index (κ1) is 39.1. The van der Waals surface area contributed by atoms with Crippen LogP contribution in [0.2, 0.25) is 0 Å². The van der Waals surface area contributed by atoms with E-state index in [1.54, 1.807) is 19.2 Å². The third kappa shape index (κ3) is 9.94. The quantitative estimate of drug-likeness (QED) is 0.0911. The zero-order valence-electron chi connectivity index (χ0n) is 31.6. The van der Waals surface area contributed by atoms with E-state index in [2.05, 4.69) is 34.9 Å². The molecular formula is C43H49N3O9. The average Bonchev–Trinajstić information content (AvgIpc) is 3.55. The molecule has 0 spiro atoms. The molecule has 2 N–H and O–H groups in total. The van der Waals surface area contributed by atoms with Gasteiger partial charge in [0.05, 0.1) is 32.9 Å². The molecule has 0 radical (unpaired) electrons. The van der Waals surface area contributed by atoms with Crippen molar-refractivity contribution < 1.29 is 42.9 Å². The van der Waals surface area contributed by atoms with E-state index in [-0.39, 0.29) is 31.4 Å². The van der Waals surface area contributed by atoms with Gasteiger partial charge in [-0.25, -0.2) is 14.7 Å². The third-order valence-electron chi connectivity index (χ3n) is 9.82. The van der Waals surface area contributed by atoms with E-state index in [9.17, 15) is 14.4 Å². The number of nitrogens with one attached hydrogen (secondary N) is 2. The summed E-state index contributed by atoms with van der Waals surface area (Å²) in [6.07, 6.45) is 1.97. The van der Waals surface area contributed by atoms with Crippen LogP contribution < -0.4 is 24.8 Å². The predicted octanol–water partition coefficient (Wildman–Crippen LogP) is 6.55. The van der Waals surface area contributed by atoms with Gasteiger partial charge >= 0.3 is 6.09 Å². The molecule has 12 nitrogen and oxygen atoms in total. The molecule has 1 unspecified atom stereocenters. The topological polar surface area (TPSA) is 134 Å². The van der Waals surface area contributed by atoms with Crippen LogP contribution in [0.25, 0.3) is 11.1 Å². The summed E-state index contributed by atoms with van der Waals surface area (Å²) in [7, 11) is 4.63. The fourth-order valence-electron chi connectivity index (χ4n) is 7.00. The minimum atomic E-state index is -1.07. The van der Waals surface area contributed by atoms with Crippen LogP contribution in [-0.4, -0.2) is 76.4 Å². The first-order valence-corrected chi connectivity index (χ1v) is 18.7. The van der Waals surface area contributed by atoms with Gasteiger partial charge in [-0.3, -0.25) is 9.59 Å². The molecule has 1 saturated heterocycles. The van der Waals surface area contributed by atoms with E-state index < -0.39 is 24.3 Å². The highest BCUT2D eigenvalue weighted by Gasteiger charge is 2.34. The maximum absolute atomic E-state index is 14.7. The van der Waals surface area contributed by atoms with Crippen LogP contribution in [0.4, 0.5) is 4.79 Å². The third-order valence-corrected chi connectivity index (χ3v) is 9.82. The van der Waals surface area contributed by atoms with Crippen LogP contribution in [0, 0.1) is 0 Å². The molecule has 290 valence electrons. The van der Waals surface area contributed by atoms with E-state index in [0.717, 1.165) is 40.7 Å². The largest absolute Gasteiger partial charge is 0.496 e. The van der Waals surface area contributed by atoms with Crippen molar-refractivity contribution in [2.45, 2.75) is 63.3 Å². The number of fused-ring (bicyclic) bond motifs is 3. The van der Waals surface area contributed by atoms with Crippen molar-refractivity contribution in [1.82, 2.24) is 15.7 Å². The molecule has 6 rings (SSSR count). The van der Waals surface area contributed by atoms with Gasteiger partial charge in [0.2, 0.25) is 5.91 Å². The Balaban J connectivity index is 1.23. The monoisotopic (exact) mass is 751 g/mol. The Morgan fingerprint density at radius 2 is 1.53 bits per heavy atom. The number of amides is 3. The first-order valence-electron chi connectivity index (χ1n) is 18.7. The SMILES string of the molecule is CNC(=O)CCCOc1cc(OC)c(CN(OC2CCCCO2)C(=O)[C@H](Cc2ccccc2)NC(=O)OCC2c3ccccc3-c3ccccc32)c(OC)c1. The average molecular weight is 752 g/mol. The summed E-state index contributed by atoms with van der Waals surface area (Å²) in [5.74, 6) is 0.547. The summed E-state index contributed by atoms with van der Waals surface area (Å²) in [5.41, 5.74) is 5.77. The molecule has 1 fully saturated rings. The van der Waals surface area contributed by atoms with E-state index in [0.29, 0.717) is 55.3 Å². The van der Waals surface area contributed by atoms with Gasteiger partial charge in [-0.15, -0.1) is 0 Å². The second-order valence-corrected chi connectivity index (χ2v) is 13.4. The van der Waals surface area contributed by atoms with E-state index in [4.69, 9.17) is 28.5 Å². The maximum Gasteiger partial charge on any atom is 0.407 e. The number of methoxy groups -OCH3 is 2. The zero-order valence-corrected chi connectivity index (χ0v) is 31.6. The number of hydrogen-bond acceptors (Lipinski definition) is 9. The molecule has 0 saturated carbocycles. The number of benzene rings is 4. The molecule has 1 heterocycles. The second kappa shape index (κ2) is 19.1. The molecule has 1 aliphatic carbocycles. The van der Waals surface area contributed by atoms with Gasteiger partial charge in [0, 0.05) is 51.0 Å². The number of hydrogen-bond donors (Lipinski definition) is 2. The number of carbonyl (C=O) groups is 3. The number of nitrogens with zero attached hydrogens (tertiary/aromatic N) is 1. The van der Waals surface area contributed by atoms with Crippen LogP contribution >= 0.6 is 0 Å². The Labute approximate surface area is 322 Å². The highest BCUT2D eigenvalue weighted by Crippen LogP contribution is 2.44. The fourth-order valence-corrected chi connectivity index (χ4v) is 7.00. The number of carbonyl (C=O) groups excluding carboxylic acids is 3. The van der Waals surface area contributed by atoms with Crippen LogP contribution in [0.1, 0.15) is 60.3 Å². The smallest absolute Gasteiger partial charge is 0.407 e. The molecule has 0 bridgehead atoms. The van der Waals surface area contributed by atoms with Gasteiger partial charge in [-0.05, 0) is 47.1 Å². The van der Waals surface area contributed by atoms with Gasteiger partial charge in [-0.1, -0.05) is 78.9 Å². The van der Waals surface area contributed by atoms with E-state index >= 15 is 0 Å². The fraction of sp³-hybridized carbons (Fsp3) is 0.372. The first-order chi connectivity index (χ1) is 26.9. The summed E-state index contributed by atoms with van der Waals surface area (Å²) in [6.45, 7) is 0.793. The normalized spacial score (nSPS) is 15.2. The van der Waals surface area contributed by atoms with Gasteiger partial charge in [-0.2, -0.15) is 0 Å². The van der Waals surface area contributed by atoms with Crippen molar-refractivity contribution in [2.75, 3.05) is 41.1 Å². The Morgan fingerprint density at radius 1 is 0.873 bits per heavy atom. The lowest BCUT2D eigenvalue weighted by molar-refractivity contribution is -0.284. The molecule has 0 aromatic heterocycles. The molecule has 1 aliphatic heterocycles. The zero-order chi connectivity index (χ0) is 38.6. The highest BCUT2D eigenvalue weighted by atomic mass is 16.8. The number of rotatable bonds is 17. The van der Waals surface area contributed by atoms with Gasteiger partial charge < -0.3 is 34.3 Å². The summed E-state index contributed by atoms with van der Waals surface area (Å²) < 4.78 is 29.3. The molecule has 55 heavy (non-hydrogen) atoms. The van der Waals surface area contributed by atoms with Gasteiger partial charge in [0.15, 0.2) is 6.29 Å². The molecule has 4 aromatic rings. The van der Waals surface area contributed by atoms with Crippen molar-refractivity contribution in [3.8, 4) is 28.4 Å². The van der Waals surface area contributed by atoms with Gasteiger partial charge in [0.25, 0.3) is 5.91 Å². The Kier molecular flexibility index (Phi) is 13.6. The minimum absolute atomic E-state index is 0.0699. The second-order valence-electron chi connectivity index (χ2n) is 13.4. The highest BCUT2D eigenvalue weighted by molar-refractivity contribution is 5.86. The lowest BCUT2D eigenvalue weighted by atomic mass is 9.98. The molecule has 4 aromatic carbocycles.